The minimum absolute atomic E-state index is 0.828. The molecule has 16 heavy (non-hydrogen) atoms. The summed E-state index contributed by atoms with van der Waals surface area (Å²) in [6.45, 7) is 2.11. The number of aryl methyl sites for hydroxylation is 1. The van der Waals surface area contributed by atoms with Gasteiger partial charge in [0.25, 0.3) is 0 Å². The highest BCUT2D eigenvalue weighted by molar-refractivity contribution is 7.98. The maximum Gasteiger partial charge on any atom is 0.0325 e. The van der Waals surface area contributed by atoms with Crippen molar-refractivity contribution in [1.82, 2.24) is 0 Å². The summed E-state index contributed by atoms with van der Waals surface area (Å²) in [4.78, 5) is 1.22. The van der Waals surface area contributed by atoms with E-state index in [1.165, 1.54) is 16.0 Å². The first-order valence-electron chi connectivity index (χ1n) is 5.28. The first-order chi connectivity index (χ1) is 7.74. The quantitative estimate of drug-likeness (QED) is 0.638. The highest BCUT2D eigenvalue weighted by Gasteiger charge is 1.96. The van der Waals surface area contributed by atoms with Crippen LogP contribution in [0.2, 0.25) is 0 Å². The lowest BCUT2D eigenvalue weighted by Gasteiger charge is -2.03. The van der Waals surface area contributed by atoms with Crippen LogP contribution in [0, 0.1) is 6.92 Å². The van der Waals surface area contributed by atoms with Crippen LogP contribution in [0.25, 0.3) is 0 Å². The fourth-order valence-electron chi connectivity index (χ4n) is 1.46. The van der Waals surface area contributed by atoms with Crippen molar-refractivity contribution < 1.29 is 0 Å². The summed E-state index contributed by atoms with van der Waals surface area (Å²) >= 11 is 1.81. The predicted molar refractivity (Wildman–Crippen MR) is 71.6 cm³/mol. The Morgan fingerprint density at radius 1 is 1.06 bits per heavy atom. The van der Waals surface area contributed by atoms with Crippen LogP contribution in [0.3, 0.4) is 0 Å². The fraction of sp³-hybridized carbons (Fsp3) is 0.143. The molecule has 0 saturated carbocycles. The monoisotopic (exact) mass is 229 g/mol. The van der Waals surface area contributed by atoms with Gasteiger partial charge in [-0.05, 0) is 30.7 Å². The van der Waals surface area contributed by atoms with Gasteiger partial charge in [-0.15, -0.1) is 11.8 Å². The SMILES string of the molecule is Cc1ccc(CSc2cccc(N)c2)cc1. The zero-order valence-electron chi connectivity index (χ0n) is 9.31. The summed E-state index contributed by atoms with van der Waals surface area (Å²) in [5.74, 6) is 0.990. The molecule has 0 bridgehead atoms. The number of benzene rings is 2. The molecule has 0 amide bonds. The van der Waals surface area contributed by atoms with E-state index >= 15 is 0 Å². The minimum Gasteiger partial charge on any atom is -0.399 e. The molecule has 0 fully saturated rings. The molecule has 0 aliphatic carbocycles. The van der Waals surface area contributed by atoms with Crippen LogP contribution >= 0.6 is 11.8 Å². The summed E-state index contributed by atoms with van der Waals surface area (Å²) in [6, 6.07) is 16.7. The summed E-state index contributed by atoms with van der Waals surface area (Å²) in [6.07, 6.45) is 0. The van der Waals surface area contributed by atoms with Gasteiger partial charge in [-0.25, -0.2) is 0 Å². The molecule has 2 rings (SSSR count). The van der Waals surface area contributed by atoms with E-state index in [1.54, 1.807) is 0 Å². The Balaban J connectivity index is 1.99. The van der Waals surface area contributed by atoms with Crippen molar-refractivity contribution in [1.29, 1.82) is 0 Å². The number of anilines is 1. The topological polar surface area (TPSA) is 26.0 Å². The summed E-state index contributed by atoms with van der Waals surface area (Å²) in [5.41, 5.74) is 9.21. The van der Waals surface area contributed by atoms with Gasteiger partial charge < -0.3 is 5.73 Å². The Kier molecular flexibility index (Phi) is 3.52. The maximum absolute atomic E-state index is 5.73. The summed E-state index contributed by atoms with van der Waals surface area (Å²) in [7, 11) is 0. The van der Waals surface area contributed by atoms with Gasteiger partial charge in [0.15, 0.2) is 0 Å². The van der Waals surface area contributed by atoms with Crippen LogP contribution in [-0.4, -0.2) is 0 Å². The van der Waals surface area contributed by atoms with Gasteiger partial charge in [0.2, 0.25) is 0 Å². The molecule has 2 N–H and O–H groups in total. The van der Waals surface area contributed by atoms with Gasteiger partial charge in [-0.2, -0.15) is 0 Å². The molecule has 0 unspecified atom stereocenters. The standard InChI is InChI=1S/C14H15NS/c1-11-5-7-12(8-6-11)10-16-14-4-2-3-13(15)9-14/h2-9H,10,15H2,1H3. The minimum atomic E-state index is 0.828. The Bertz CT molecular complexity index is 462. The third-order valence-corrected chi connectivity index (χ3v) is 3.45. The highest BCUT2D eigenvalue weighted by atomic mass is 32.2. The van der Waals surface area contributed by atoms with Crippen LogP contribution in [0.15, 0.2) is 53.4 Å². The molecule has 0 spiro atoms. The molecule has 2 heteroatoms. The van der Waals surface area contributed by atoms with Gasteiger partial charge in [0.1, 0.15) is 0 Å². The largest absolute Gasteiger partial charge is 0.399 e. The summed E-state index contributed by atoms with van der Waals surface area (Å²) < 4.78 is 0. The van der Waals surface area contributed by atoms with E-state index in [9.17, 15) is 0 Å². The van der Waals surface area contributed by atoms with Gasteiger partial charge in [-0.3, -0.25) is 0 Å². The normalized spacial score (nSPS) is 10.3. The number of thioether (sulfide) groups is 1. The molecule has 0 heterocycles. The second-order valence-electron chi connectivity index (χ2n) is 3.85. The van der Waals surface area contributed by atoms with E-state index in [0.717, 1.165) is 11.4 Å². The highest BCUT2D eigenvalue weighted by Crippen LogP contribution is 2.24. The number of nitrogen functional groups attached to an aromatic ring is 1. The Labute approximate surface area is 101 Å². The van der Waals surface area contributed by atoms with Crippen molar-refractivity contribution >= 4 is 17.4 Å². The Morgan fingerprint density at radius 2 is 1.81 bits per heavy atom. The van der Waals surface area contributed by atoms with Crippen molar-refractivity contribution in [3.8, 4) is 0 Å². The number of hydrogen-bond donors (Lipinski definition) is 1. The molecule has 0 atom stereocenters. The number of nitrogens with two attached hydrogens (primary N) is 1. The molecule has 82 valence electrons. The molecule has 0 aliphatic heterocycles. The van der Waals surface area contributed by atoms with Gasteiger partial charge in [0, 0.05) is 16.3 Å². The van der Waals surface area contributed by atoms with Gasteiger partial charge in [0.05, 0.1) is 0 Å². The molecule has 0 saturated heterocycles. The van der Waals surface area contributed by atoms with E-state index in [2.05, 4.69) is 37.3 Å². The van der Waals surface area contributed by atoms with Crippen molar-refractivity contribution in [3.63, 3.8) is 0 Å². The van der Waals surface area contributed by atoms with Crippen LogP contribution in [0.1, 0.15) is 11.1 Å². The van der Waals surface area contributed by atoms with Crippen LogP contribution in [0.5, 0.6) is 0 Å². The van der Waals surface area contributed by atoms with E-state index in [1.807, 2.05) is 30.0 Å². The zero-order valence-corrected chi connectivity index (χ0v) is 10.1. The van der Waals surface area contributed by atoms with Crippen LogP contribution in [0.4, 0.5) is 5.69 Å². The molecule has 2 aromatic rings. The first kappa shape index (κ1) is 11.1. The lowest BCUT2D eigenvalue weighted by molar-refractivity contribution is 1.35. The predicted octanol–water partition coefficient (Wildman–Crippen LogP) is 3.87. The van der Waals surface area contributed by atoms with Crippen molar-refractivity contribution in [3.05, 3.63) is 59.7 Å². The Hall–Kier alpha value is -1.41. The Morgan fingerprint density at radius 3 is 2.50 bits per heavy atom. The lowest BCUT2D eigenvalue weighted by atomic mass is 10.2. The third-order valence-electron chi connectivity index (χ3n) is 2.38. The molecule has 1 nitrogen and oxygen atoms in total. The molecular formula is C14H15NS. The molecular weight excluding hydrogens is 214 g/mol. The second kappa shape index (κ2) is 5.08. The van der Waals surface area contributed by atoms with Gasteiger partial charge in [-0.1, -0.05) is 35.9 Å². The first-order valence-corrected chi connectivity index (χ1v) is 6.26. The van der Waals surface area contributed by atoms with E-state index < -0.39 is 0 Å². The number of hydrogen-bond acceptors (Lipinski definition) is 2. The number of rotatable bonds is 3. The smallest absolute Gasteiger partial charge is 0.0325 e. The van der Waals surface area contributed by atoms with E-state index in [0.29, 0.717) is 0 Å². The average molecular weight is 229 g/mol. The zero-order chi connectivity index (χ0) is 11.4. The lowest BCUT2D eigenvalue weighted by Crippen LogP contribution is -1.85. The van der Waals surface area contributed by atoms with E-state index in [4.69, 9.17) is 5.73 Å². The van der Waals surface area contributed by atoms with Gasteiger partial charge >= 0.3 is 0 Å². The maximum atomic E-state index is 5.73. The van der Waals surface area contributed by atoms with E-state index in [-0.39, 0.29) is 0 Å². The molecule has 0 radical (unpaired) electrons. The molecule has 0 aromatic heterocycles. The van der Waals surface area contributed by atoms with Crippen molar-refractivity contribution in [2.75, 3.05) is 5.73 Å². The third kappa shape index (κ3) is 3.04. The molecule has 0 aliphatic rings. The van der Waals surface area contributed by atoms with Crippen LogP contribution < -0.4 is 5.73 Å². The molecule has 2 aromatic carbocycles. The van der Waals surface area contributed by atoms with Crippen molar-refractivity contribution in [2.24, 2.45) is 0 Å². The fourth-order valence-corrected chi connectivity index (χ4v) is 2.38. The van der Waals surface area contributed by atoms with Crippen molar-refractivity contribution in [2.45, 2.75) is 17.6 Å². The second-order valence-corrected chi connectivity index (χ2v) is 4.90. The average Bonchev–Trinajstić information content (AvgIpc) is 2.28. The van der Waals surface area contributed by atoms with Crippen LogP contribution in [-0.2, 0) is 5.75 Å². The summed E-state index contributed by atoms with van der Waals surface area (Å²) in [5, 5.41) is 0.